The van der Waals surface area contributed by atoms with Gasteiger partial charge in [-0.15, -0.1) is 0 Å². The molecule has 2 amide bonds. The topological polar surface area (TPSA) is 117 Å². The molecule has 1 aliphatic heterocycles. The van der Waals surface area contributed by atoms with E-state index in [0.29, 0.717) is 19.2 Å². The van der Waals surface area contributed by atoms with Gasteiger partial charge in [0, 0.05) is 48.9 Å². The molecule has 0 aliphatic carbocycles. The molecule has 0 aromatic heterocycles. The number of piperazine rings is 1. The second kappa shape index (κ2) is 14.2. The van der Waals surface area contributed by atoms with Gasteiger partial charge in [-0.2, -0.15) is 4.31 Å². The lowest BCUT2D eigenvalue weighted by Gasteiger charge is -2.34. The largest absolute Gasteiger partial charge is 0.453 e. The molecule has 0 bridgehead atoms. The van der Waals surface area contributed by atoms with Crippen LogP contribution in [0.4, 0.5) is 28.0 Å². The van der Waals surface area contributed by atoms with E-state index in [9.17, 15) is 31.2 Å². The van der Waals surface area contributed by atoms with Crippen LogP contribution in [0, 0.1) is 23.3 Å². The molecule has 1 fully saturated rings. The first-order chi connectivity index (χ1) is 20.9. The van der Waals surface area contributed by atoms with Gasteiger partial charge in [0.2, 0.25) is 15.9 Å². The molecule has 4 rings (SSSR count). The summed E-state index contributed by atoms with van der Waals surface area (Å²) in [5.41, 5.74) is 0.324. The third kappa shape index (κ3) is 8.12. The van der Waals surface area contributed by atoms with E-state index in [-0.39, 0.29) is 41.8 Å². The number of ether oxygens (including phenoxy) is 1. The molecule has 0 saturated carbocycles. The van der Waals surface area contributed by atoms with Crippen LogP contribution in [0.25, 0.3) is 0 Å². The van der Waals surface area contributed by atoms with Crippen molar-refractivity contribution < 1.29 is 40.3 Å². The van der Waals surface area contributed by atoms with Gasteiger partial charge in [-0.1, -0.05) is 18.2 Å². The Bertz CT molecular complexity index is 1590. The van der Waals surface area contributed by atoms with Gasteiger partial charge in [0.1, 0.15) is 29.3 Å². The van der Waals surface area contributed by atoms with Crippen molar-refractivity contribution in [1.29, 1.82) is 0 Å². The summed E-state index contributed by atoms with van der Waals surface area (Å²) >= 11 is 0. The fourth-order valence-corrected chi connectivity index (χ4v) is 6.51. The first-order valence-corrected chi connectivity index (χ1v) is 15.5. The third-order valence-corrected chi connectivity index (χ3v) is 8.71. The second-order valence-electron chi connectivity index (χ2n) is 10.4. The number of carbonyl (C=O) groups excluding carboxylic acids is 2. The van der Waals surface area contributed by atoms with Crippen molar-refractivity contribution in [2.75, 3.05) is 38.3 Å². The van der Waals surface area contributed by atoms with Crippen molar-refractivity contribution in [2.24, 2.45) is 0 Å². The number of benzene rings is 3. The molecule has 0 radical (unpaired) electrons. The number of carbonyl (C=O) groups is 2. The van der Waals surface area contributed by atoms with Gasteiger partial charge >= 0.3 is 6.09 Å². The summed E-state index contributed by atoms with van der Waals surface area (Å²) in [7, 11) is -2.46. The smallest absolute Gasteiger partial charge is 0.407 e. The van der Waals surface area contributed by atoms with Gasteiger partial charge in [0.15, 0.2) is 0 Å². The molecule has 44 heavy (non-hydrogen) atoms. The fraction of sp³-hybridized carbons (Fsp3) is 0.333. The molecule has 0 spiro atoms. The van der Waals surface area contributed by atoms with Crippen LogP contribution in [0.3, 0.4) is 0 Å². The van der Waals surface area contributed by atoms with Gasteiger partial charge in [0.05, 0.1) is 13.4 Å². The van der Waals surface area contributed by atoms with E-state index in [1.165, 1.54) is 34.6 Å². The molecule has 3 atom stereocenters. The van der Waals surface area contributed by atoms with Crippen molar-refractivity contribution in [3.8, 4) is 0 Å². The average Bonchev–Trinajstić information content (AvgIpc) is 2.96. The lowest BCUT2D eigenvalue weighted by molar-refractivity contribution is -0.118. The molecule has 3 aromatic carbocycles. The number of alkyl carbamates (subject to hydrolysis) is 1. The van der Waals surface area contributed by atoms with Crippen molar-refractivity contribution >= 4 is 27.7 Å². The molecular formula is C30H32F4N4O5S. The van der Waals surface area contributed by atoms with E-state index in [4.69, 9.17) is 4.74 Å². The summed E-state index contributed by atoms with van der Waals surface area (Å²) in [6.07, 6.45) is 0.344. The monoisotopic (exact) mass is 636 g/mol. The van der Waals surface area contributed by atoms with Gasteiger partial charge in [-0.25, -0.2) is 30.8 Å². The molecule has 0 unspecified atom stereocenters. The van der Waals surface area contributed by atoms with E-state index in [0.717, 1.165) is 37.6 Å². The number of amides is 2. The maximum Gasteiger partial charge on any atom is 0.407 e. The highest BCUT2D eigenvalue weighted by Gasteiger charge is 2.35. The van der Waals surface area contributed by atoms with Crippen molar-refractivity contribution in [2.45, 2.75) is 30.8 Å². The second-order valence-corrected chi connectivity index (χ2v) is 12.3. The number of anilines is 1. The van der Waals surface area contributed by atoms with Crippen molar-refractivity contribution in [1.82, 2.24) is 14.9 Å². The Morgan fingerprint density at radius 2 is 1.68 bits per heavy atom. The first-order valence-electron chi connectivity index (χ1n) is 13.7. The van der Waals surface area contributed by atoms with E-state index < -0.39 is 63.3 Å². The molecule has 3 N–H and O–H groups in total. The van der Waals surface area contributed by atoms with Crippen LogP contribution < -0.4 is 16.0 Å². The Morgan fingerprint density at radius 3 is 2.32 bits per heavy atom. The summed E-state index contributed by atoms with van der Waals surface area (Å²) in [4.78, 5) is 26.3. The zero-order valence-corrected chi connectivity index (χ0v) is 24.8. The van der Waals surface area contributed by atoms with Gasteiger partial charge < -0.3 is 20.7 Å². The third-order valence-electron chi connectivity index (χ3n) is 7.37. The highest BCUT2D eigenvalue weighted by Crippen LogP contribution is 2.32. The number of hydrogen-bond acceptors (Lipinski definition) is 6. The maximum absolute atomic E-state index is 15.2. The average molecular weight is 637 g/mol. The Morgan fingerprint density at radius 1 is 1.00 bits per heavy atom. The number of nitrogens with zero attached hydrogens (tertiary/aromatic N) is 1. The van der Waals surface area contributed by atoms with Crippen LogP contribution in [0.15, 0.2) is 60.7 Å². The molecule has 9 nitrogen and oxygen atoms in total. The van der Waals surface area contributed by atoms with Crippen LogP contribution in [0.2, 0.25) is 0 Å². The summed E-state index contributed by atoms with van der Waals surface area (Å²) < 4.78 is 88.3. The number of nitrogens with one attached hydrogen (secondary N) is 3. The molecule has 236 valence electrons. The van der Waals surface area contributed by atoms with E-state index in [2.05, 4.69) is 16.0 Å². The van der Waals surface area contributed by atoms with Gasteiger partial charge in [-0.3, -0.25) is 4.79 Å². The normalized spacial score (nSPS) is 17.0. The van der Waals surface area contributed by atoms with Crippen LogP contribution in [0.5, 0.6) is 0 Å². The van der Waals surface area contributed by atoms with Crippen LogP contribution in [-0.2, 0) is 26.0 Å². The maximum atomic E-state index is 15.2. The summed E-state index contributed by atoms with van der Waals surface area (Å²) in [6, 6.07) is 9.36. The fourth-order valence-electron chi connectivity index (χ4n) is 5.36. The molecule has 1 aliphatic rings. The Hall–Kier alpha value is -4.01. The number of rotatable bonds is 10. The minimum absolute atomic E-state index is 0.0456. The summed E-state index contributed by atoms with van der Waals surface area (Å²) in [5, 5.41) is 8.13. The van der Waals surface area contributed by atoms with Crippen molar-refractivity contribution in [3.63, 3.8) is 0 Å². The van der Waals surface area contributed by atoms with Gasteiger partial charge in [-0.05, 0) is 60.4 Å². The number of halogens is 4. The predicted octanol–water partition coefficient (Wildman–Crippen LogP) is 3.90. The number of sulfonamides is 1. The summed E-state index contributed by atoms with van der Waals surface area (Å²) in [6.45, 7) is 1.10. The Balaban J connectivity index is 1.70. The highest BCUT2D eigenvalue weighted by molar-refractivity contribution is 7.88. The Labute approximate surface area is 252 Å². The van der Waals surface area contributed by atoms with E-state index in [1.54, 1.807) is 0 Å². The summed E-state index contributed by atoms with van der Waals surface area (Å²) in [5.74, 6) is -5.29. The van der Waals surface area contributed by atoms with E-state index in [1.807, 2.05) is 0 Å². The quantitative estimate of drug-likeness (QED) is 0.291. The zero-order chi connectivity index (χ0) is 32.0. The van der Waals surface area contributed by atoms with Crippen LogP contribution >= 0.6 is 0 Å². The molecule has 14 heteroatoms. The van der Waals surface area contributed by atoms with Crippen molar-refractivity contribution in [3.05, 3.63) is 101 Å². The first kappa shape index (κ1) is 32.9. The minimum Gasteiger partial charge on any atom is -0.453 e. The van der Waals surface area contributed by atoms with Crippen LogP contribution in [0.1, 0.15) is 29.0 Å². The number of hydrogen-bond donors (Lipinski definition) is 3. The van der Waals surface area contributed by atoms with Crippen LogP contribution in [-0.4, -0.2) is 69.8 Å². The number of methoxy groups -OCH3 is 1. The lowest BCUT2D eigenvalue weighted by Crippen LogP contribution is -2.53. The standard InChI is InChI=1S/C30H32F4N4O5S/c1-43-30(40)37-28(27(18-6-8-20(31)9-7-18)19-14-21(32)16-22(33)15-19)29(39)36-26-5-3-4-25(34)24(26)11-10-23-17-35-12-13-38(23)44(2,41)42/h3-9,14-16,23,27-28,35H,10-13,17H2,1-2H3,(H,36,39)(H,37,40)/t23-,27-,28-/m0/s1. The Kier molecular flexibility index (Phi) is 10.6. The van der Waals surface area contributed by atoms with E-state index >= 15 is 4.39 Å². The SMILES string of the molecule is COC(=O)N[C@H](C(=O)Nc1cccc(F)c1CC[C@H]1CNCCN1S(C)(=O)=O)[C@@H](c1ccc(F)cc1)c1cc(F)cc(F)c1. The molecule has 3 aromatic rings. The molecular weight excluding hydrogens is 604 g/mol. The lowest BCUT2D eigenvalue weighted by atomic mass is 9.84. The zero-order valence-electron chi connectivity index (χ0n) is 23.9. The molecule has 1 saturated heterocycles. The minimum atomic E-state index is -3.51. The highest BCUT2D eigenvalue weighted by atomic mass is 32.2. The van der Waals surface area contributed by atoms with Gasteiger partial charge in [0.25, 0.3) is 0 Å². The molecule has 1 heterocycles. The predicted molar refractivity (Wildman–Crippen MR) is 155 cm³/mol.